The Hall–Kier alpha value is -3.31. The number of thiocarbonyl (C=S) groups is 1. The molecule has 1 aliphatic carbocycles. The van der Waals surface area contributed by atoms with Gasteiger partial charge in [0.2, 0.25) is 5.79 Å². The largest absolute Gasteiger partial charge is 0.481 e. The maximum absolute atomic E-state index is 14.7. The van der Waals surface area contributed by atoms with E-state index in [1.54, 1.807) is 48.2 Å². The monoisotopic (exact) mass is 1160 g/mol. The van der Waals surface area contributed by atoms with Gasteiger partial charge in [-0.05, 0) is 126 Å². The quantitative estimate of drug-likeness (QED) is 0.0348. The molecule has 0 unspecified atom stereocenters. The highest BCUT2D eigenvalue weighted by molar-refractivity contribution is 7.80. The van der Waals surface area contributed by atoms with Gasteiger partial charge in [0.05, 0.1) is 64.1 Å². The smallest absolute Gasteiger partial charge is 0.329 e. The normalized spacial score (nSPS) is 35.6. The van der Waals surface area contributed by atoms with Crippen molar-refractivity contribution in [3.63, 3.8) is 0 Å². The van der Waals surface area contributed by atoms with E-state index in [4.69, 9.17) is 59.6 Å². The first-order valence-electron chi connectivity index (χ1n) is 29.7. The summed E-state index contributed by atoms with van der Waals surface area (Å²) in [6.45, 7) is 16.5. The molecule has 81 heavy (non-hydrogen) atoms. The number of piperidine rings is 1. The molecular formula is C62H101NO17S. The highest BCUT2D eigenvalue weighted by Crippen LogP contribution is 2.38. The van der Waals surface area contributed by atoms with Crippen molar-refractivity contribution in [2.45, 2.75) is 199 Å². The van der Waals surface area contributed by atoms with E-state index >= 15 is 0 Å². The molecule has 0 aromatic carbocycles. The van der Waals surface area contributed by atoms with Crippen LogP contribution in [0, 0.1) is 35.5 Å². The zero-order chi connectivity index (χ0) is 59.6. The molecule has 2 bridgehead atoms. The van der Waals surface area contributed by atoms with Crippen LogP contribution < -0.4 is 0 Å². The molecule has 18 nitrogen and oxygen atoms in total. The number of methoxy groups -OCH3 is 4. The number of allylic oxidation sites excluding steroid dienone is 5. The Bertz CT molecular complexity index is 2070. The Morgan fingerprint density at radius 1 is 0.778 bits per heavy atom. The topological polar surface area (TPSA) is 225 Å². The van der Waals surface area contributed by atoms with E-state index in [0.29, 0.717) is 128 Å². The van der Waals surface area contributed by atoms with Crippen molar-refractivity contribution in [3.05, 3.63) is 47.6 Å². The second-order valence-electron chi connectivity index (χ2n) is 23.2. The van der Waals surface area contributed by atoms with Gasteiger partial charge in [-0.2, -0.15) is 0 Å². The molecule has 2 saturated heterocycles. The molecule has 3 N–H and O–H groups in total. The van der Waals surface area contributed by atoms with Gasteiger partial charge in [-0.25, -0.2) is 4.79 Å². The van der Waals surface area contributed by atoms with Crippen LogP contribution in [0.4, 0.5) is 0 Å². The molecule has 3 fully saturated rings. The van der Waals surface area contributed by atoms with E-state index in [2.05, 4.69) is 0 Å². The van der Waals surface area contributed by atoms with Crippen LogP contribution in [0.1, 0.15) is 138 Å². The molecule has 462 valence electrons. The number of amides is 1. The first-order valence-corrected chi connectivity index (χ1v) is 30.2. The number of ether oxygens (including phenoxy) is 10. The van der Waals surface area contributed by atoms with Crippen molar-refractivity contribution < 1.29 is 81.9 Å². The van der Waals surface area contributed by atoms with E-state index in [-0.39, 0.29) is 55.1 Å². The number of hydrogen-bond acceptors (Lipinski definition) is 18. The molecule has 1 amide bonds. The minimum atomic E-state index is -2.44. The van der Waals surface area contributed by atoms with Gasteiger partial charge in [-0.3, -0.25) is 14.4 Å². The third-order valence-electron chi connectivity index (χ3n) is 16.8. The molecule has 19 heteroatoms. The van der Waals surface area contributed by atoms with E-state index < -0.39 is 83.9 Å². The Balaban J connectivity index is 1.55. The van der Waals surface area contributed by atoms with Crippen LogP contribution in [0.25, 0.3) is 0 Å². The Morgan fingerprint density at radius 2 is 1.47 bits per heavy atom. The van der Waals surface area contributed by atoms with Gasteiger partial charge >= 0.3 is 5.97 Å². The van der Waals surface area contributed by atoms with Gasteiger partial charge in [-0.15, -0.1) is 0 Å². The van der Waals surface area contributed by atoms with E-state index in [9.17, 15) is 34.5 Å². The summed E-state index contributed by atoms with van der Waals surface area (Å²) in [6, 6.07) is -1.13. The lowest BCUT2D eigenvalue weighted by Crippen LogP contribution is -2.61. The third-order valence-corrected chi connectivity index (χ3v) is 17.1. The van der Waals surface area contributed by atoms with Gasteiger partial charge in [0.25, 0.3) is 11.7 Å². The van der Waals surface area contributed by atoms with Crippen LogP contribution >= 0.6 is 12.2 Å². The number of ketones is 2. The first-order chi connectivity index (χ1) is 38.7. The molecule has 4 rings (SSSR count). The molecule has 4 aliphatic rings. The minimum absolute atomic E-state index is 0.00286. The summed E-state index contributed by atoms with van der Waals surface area (Å²) in [5, 5.41) is 36.2. The van der Waals surface area contributed by atoms with Crippen LogP contribution in [0.3, 0.4) is 0 Å². The van der Waals surface area contributed by atoms with Crippen LogP contribution in [0.15, 0.2) is 47.6 Å². The highest BCUT2D eigenvalue weighted by atomic mass is 32.1. The Kier molecular flexibility index (Phi) is 31.6. The van der Waals surface area contributed by atoms with Crippen LogP contribution in [-0.4, -0.2) is 191 Å². The summed E-state index contributed by atoms with van der Waals surface area (Å²) >= 11 is 5.66. The number of aliphatic hydroxyl groups excluding tert-OH is 2. The van der Waals surface area contributed by atoms with Gasteiger partial charge in [0.1, 0.15) is 30.5 Å². The number of carbonyl (C=O) groups excluding carboxylic acids is 4. The molecule has 0 spiro atoms. The molecule has 0 aromatic heterocycles. The average Bonchev–Trinajstić information content (AvgIpc) is 3.56. The minimum Gasteiger partial charge on any atom is -0.481 e. The van der Waals surface area contributed by atoms with Gasteiger partial charge < -0.3 is 67.6 Å². The number of carbonyl (C=O) groups is 4. The van der Waals surface area contributed by atoms with Crippen molar-refractivity contribution in [1.29, 1.82) is 0 Å². The van der Waals surface area contributed by atoms with Crippen molar-refractivity contribution >= 4 is 40.7 Å². The molecule has 3 aliphatic heterocycles. The lowest BCUT2D eigenvalue weighted by atomic mass is 9.78. The zero-order valence-electron chi connectivity index (χ0n) is 50.6. The fourth-order valence-corrected chi connectivity index (χ4v) is 11.9. The molecule has 1 saturated carbocycles. The molecular weight excluding hydrogens is 1060 g/mol. The summed E-state index contributed by atoms with van der Waals surface area (Å²) < 4.78 is 58.1. The SMILES string of the molecule is COCCOCCOCCOCCCC(=S)O[C@@H]1CC[C@@H](C[C@@H](C)[C@@H]2C[C@@H](O)[C@H](C)/C=C(\C)[C@@H](O)[C@@H](OC)C(=O)[C@H](C)C[C@H](C)/C=C/C=C/C=C(\C)[C@@H](OC)C[C@@H]3CC[C@@H](C)[C@@](O)(O3)C(=O)C(=O)N3CCCC[C@H]3C(=O)O2)C[C@H]1OC. The number of esters is 1. The third kappa shape index (κ3) is 22.2. The number of Topliss-reactive ketones (excluding diaryl/α,β-unsaturated/α-hetero) is 2. The lowest BCUT2D eigenvalue weighted by Gasteiger charge is -2.43. The second kappa shape index (κ2) is 36.5. The van der Waals surface area contributed by atoms with Crippen molar-refractivity contribution in [2.75, 3.05) is 81.2 Å². The maximum Gasteiger partial charge on any atom is 0.329 e. The number of fused-ring (bicyclic) bond motifs is 3. The Labute approximate surface area is 489 Å². The van der Waals surface area contributed by atoms with Gasteiger partial charge in [0, 0.05) is 78.6 Å². The molecule has 0 radical (unpaired) electrons. The second-order valence-corrected chi connectivity index (χ2v) is 23.6. The Morgan fingerprint density at radius 3 is 2.14 bits per heavy atom. The molecule has 16 atom stereocenters. The predicted molar refractivity (Wildman–Crippen MR) is 311 cm³/mol. The van der Waals surface area contributed by atoms with Crippen molar-refractivity contribution in [1.82, 2.24) is 4.90 Å². The number of hydrogen-bond donors (Lipinski definition) is 3. The molecule has 0 aromatic rings. The summed E-state index contributed by atoms with van der Waals surface area (Å²) in [5.41, 5.74) is 1.32. The number of aliphatic hydroxyl groups is 3. The lowest BCUT2D eigenvalue weighted by molar-refractivity contribution is -0.265. The molecule has 3 heterocycles. The maximum atomic E-state index is 14.7. The van der Waals surface area contributed by atoms with Gasteiger partial charge in [-0.1, -0.05) is 71.1 Å². The predicted octanol–water partition coefficient (Wildman–Crippen LogP) is 7.80. The fourth-order valence-electron chi connectivity index (χ4n) is 11.6. The average molecular weight is 1160 g/mol. The zero-order valence-corrected chi connectivity index (χ0v) is 51.4. The van der Waals surface area contributed by atoms with Crippen molar-refractivity contribution in [2.24, 2.45) is 35.5 Å². The standard InChI is InChI=1S/C62H101NO17S/c1-40-18-13-12-14-19-41(2)52(72-9)38-48-24-22-46(7)62(70,80-48)59(67)60(68)63-26-16-15-20-49(63)61(69)79-53(39-50(64)42(3)35-45(6)57(66)58(74-11)56(65)44(5)34-40)43(4)36-47-23-25-51(54(37-47)73-10)78-55(81)21-17-27-75-30-31-77-33-32-76-29-28-71-8/h12-14,18-19,35,40,42-44,46-54,57-58,64,66,70H,15-17,20-34,36-39H2,1-11H3/b14-12+,18-13+,41-19+,45-35+/t40-,42-,43-,44-,46-,47+,48+,49+,50-,51-,52+,53+,54-,57-,58+,62-/m1/s1. The first kappa shape index (κ1) is 70.2. The van der Waals surface area contributed by atoms with E-state index in [1.165, 1.54) is 12.0 Å². The van der Waals surface area contributed by atoms with Crippen LogP contribution in [0.2, 0.25) is 0 Å². The van der Waals surface area contributed by atoms with Gasteiger partial charge in [0.15, 0.2) is 10.8 Å². The summed E-state index contributed by atoms with van der Waals surface area (Å²) in [4.78, 5) is 58.6. The van der Waals surface area contributed by atoms with Crippen LogP contribution in [-0.2, 0) is 66.5 Å². The number of cyclic esters (lactones) is 1. The van der Waals surface area contributed by atoms with E-state index in [1.807, 2.05) is 58.1 Å². The van der Waals surface area contributed by atoms with Crippen molar-refractivity contribution in [3.8, 4) is 0 Å². The highest BCUT2D eigenvalue weighted by Gasteiger charge is 2.53. The summed E-state index contributed by atoms with van der Waals surface area (Å²) in [5.74, 6) is -7.42. The number of nitrogens with zero attached hydrogens (tertiary/aromatic N) is 1. The van der Waals surface area contributed by atoms with E-state index in [0.717, 1.165) is 12.0 Å². The number of rotatable bonds is 20. The summed E-state index contributed by atoms with van der Waals surface area (Å²) in [6.07, 6.45) is 12.5. The summed E-state index contributed by atoms with van der Waals surface area (Å²) in [7, 11) is 6.27. The fraction of sp³-hybridized carbons (Fsp3) is 0.790. The van der Waals surface area contributed by atoms with Crippen LogP contribution in [0.5, 0.6) is 0 Å².